The van der Waals surface area contributed by atoms with Gasteiger partial charge in [0.25, 0.3) is 0 Å². The molecule has 5 heteroatoms. The number of amides is 1. The first-order chi connectivity index (χ1) is 10.9. The Kier molecular flexibility index (Phi) is 5.76. The number of rotatable bonds is 6. The van der Waals surface area contributed by atoms with Gasteiger partial charge in [0.1, 0.15) is 5.82 Å². The Morgan fingerprint density at radius 3 is 2.61 bits per heavy atom. The van der Waals surface area contributed by atoms with Gasteiger partial charge in [0.2, 0.25) is 5.91 Å². The fourth-order valence-electron chi connectivity index (χ4n) is 3.30. The Bertz CT molecular complexity index is 534. The second-order valence-corrected chi connectivity index (χ2v) is 6.88. The van der Waals surface area contributed by atoms with Crippen molar-refractivity contribution in [1.29, 1.82) is 0 Å². The minimum atomic E-state index is -0.256. The molecular weight excluding hydrogens is 293 g/mol. The smallest absolute Gasteiger partial charge is 0.237 e. The number of nitrogens with two attached hydrogens (primary N) is 1. The molecule has 0 spiro atoms. The molecule has 0 radical (unpaired) electrons. The maximum atomic E-state index is 13.1. The highest BCUT2D eigenvalue weighted by atomic mass is 19.1. The molecule has 1 fully saturated rings. The molecular formula is C18H28FN3O. The maximum Gasteiger partial charge on any atom is 0.237 e. The van der Waals surface area contributed by atoms with Crippen LogP contribution in [0.25, 0.3) is 0 Å². The summed E-state index contributed by atoms with van der Waals surface area (Å²) in [5, 5.41) is 0. The van der Waals surface area contributed by atoms with Gasteiger partial charge in [-0.3, -0.25) is 9.69 Å². The van der Waals surface area contributed by atoms with Crippen molar-refractivity contribution in [2.24, 2.45) is 11.1 Å². The van der Waals surface area contributed by atoms with E-state index in [1.165, 1.54) is 12.1 Å². The lowest BCUT2D eigenvalue weighted by Gasteiger charge is -2.30. The number of carbonyl (C=O) groups is 1. The molecule has 2 atom stereocenters. The second kappa shape index (κ2) is 7.41. The fraction of sp³-hybridized carbons (Fsp3) is 0.611. The van der Waals surface area contributed by atoms with Crippen molar-refractivity contribution in [3.8, 4) is 0 Å². The van der Waals surface area contributed by atoms with Gasteiger partial charge in [-0.15, -0.1) is 0 Å². The molecule has 1 aromatic carbocycles. The summed E-state index contributed by atoms with van der Waals surface area (Å²) in [5.74, 6) is -0.140. The van der Waals surface area contributed by atoms with Crippen LogP contribution in [0.3, 0.4) is 0 Å². The van der Waals surface area contributed by atoms with Gasteiger partial charge in [0, 0.05) is 13.1 Å². The molecule has 0 saturated carbocycles. The van der Waals surface area contributed by atoms with Crippen LogP contribution in [0, 0.1) is 11.2 Å². The number of likely N-dealkylation sites (tertiary alicyclic amines) is 1. The van der Waals surface area contributed by atoms with Crippen molar-refractivity contribution in [1.82, 2.24) is 9.80 Å². The molecule has 128 valence electrons. The minimum Gasteiger partial charge on any atom is -0.335 e. The number of hydrogen-bond donors (Lipinski definition) is 1. The Morgan fingerprint density at radius 2 is 2.09 bits per heavy atom. The van der Waals surface area contributed by atoms with Crippen molar-refractivity contribution < 1.29 is 9.18 Å². The SMILES string of the molecule is CCN(C(=O)CN1CCC(C)(CN)C1)C(C)c1ccc(F)cc1. The largest absolute Gasteiger partial charge is 0.335 e. The molecule has 1 heterocycles. The van der Waals surface area contributed by atoms with Gasteiger partial charge < -0.3 is 10.6 Å². The van der Waals surface area contributed by atoms with E-state index in [1.54, 1.807) is 12.1 Å². The van der Waals surface area contributed by atoms with E-state index >= 15 is 0 Å². The van der Waals surface area contributed by atoms with Crippen molar-refractivity contribution in [3.05, 3.63) is 35.6 Å². The van der Waals surface area contributed by atoms with Gasteiger partial charge in [0.05, 0.1) is 12.6 Å². The number of benzene rings is 1. The molecule has 23 heavy (non-hydrogen) atoms. The van der Waals surface area contributed by atoms with E-state index in [0.29, 0.717) is 19.6 Å². The van der Waals surface area contributed by atoms with Gasteiger partial charge in [-0.25, -0.2) is 4.39 Å². The summed E-state index contributed by atoms with van der Waals surface area (Å²) in [4.78, 5) is 16.7. The van der Waals surface area contributed by atoms with E-state index in [0.717, 1.165) is 25.1 Å². The third kappa shape index (κ3) is 4.30. The maximum absolute atomic E-state index is 13.1. The van der Waals surface area contributed by atoms with Crippen LogP contribution >= 0.6 is 0 Å². The second-order valence-electron chi connectivity index (χ2n) is 6.88. The van der Waals surface area contributed by atoms with Crippen LogP contribution in [0.5, 0.6) is 0 Å². The first-order valence-electron chi connectivity index (χ1n) is 8.36. The number of carbonyl (C=O) groups excluding carboxylic acids is 1. The summed E-state index contributed by atoms with van der Waals surface area (Å²) in [6, 6.07) is 6.32. The molecule has 1 aliphatic rings. The van der Waals surface area contributed by atoms with E-state index in [-0.39, 0.29) is 23.2 Å². The topological polar surface area (TPSA) is 49.6 Å². The van der Waals surface area contributed by atoms with Crippen LogP contribution in [0.4, 0.5) is 4.39 Å². The zero-order valence-electron chi connectivity index (χ0n) is 14.4. The van der Waals surface area contributed by atoms with Crippen LogP contribution in [-0.2, 0) is 4.79 Å². The van der Waals surface area contributed by atoms with E-state index in [2.05, 4.69) is 11.8 Å². The normalized spacial score (nSPS) is 23.0. The number of halogens is 1. The predicted molar refractivity (Wildman–Crippen MR) is 90.4 cm³/mol. The first-order valence-corrected chi connectivity index (χ1v) is 8.36. The van der Waals surface area contributed by atoms with Crippen LogP contribution in [0.1, 0.15) is 38.8 Å². The Hall–Kier alpha value is -1.46. The molecule has 2 N–H and O–H groups in total. The molecule has 1 saturated heterocycles. The molecule has 2 unspecified atom stereocenters. The van der Waals surface area contributed by atoms with E-state index < -0.39 is 0 Å². The van der Waals surface area contributed by atoms with Crippen molar-refractivity contribution in [2.45, 2.75) is 33.2 Å². The first kappa shape index (κ1) is 17.9. The van der Waals surface area contributed by atoms with Crippen LogP contribution < -0.4 is 5.73 Å². The molecule has 4 nitrogen and oxygen atoms in total. The molecule has 0 bridgehead atoms. The average Bonchev–Trinajstić information content (AvgIpc) is 2.90. The molecule has 1 aliphatic heterocycles. The zero-order chi connectivity index (χ0) is 17.0. The number of likely N-dealkylation sites (N-methyl/N-ethyl adjacent to an activating group) is 1. The van der Waals surface area contributed by atoms with E-state index in [4.69, 9.17) is 5.73 Å². The zero-order valence-corrected chi connectivity index (χ0v) is 14.4. The van der Waals surface area contributed by atoms with Gasteiger partial charge in [0.15, 0.2) is 0 Å². The number of hydrogen-bond acceptors (Lipinski definition) is 3. The minimum absolute atomic E-state index is 0.0587. The summed E-state index contributed by atoms with van der Waals surface area (Å²) in [7, 11) is 0. The third-order valence-electron chi connectivity index (χ3n) is 4.97. The third-order valence-corrected chi connectivity index (χ3v) is 4.97. The highest BCUT2D eigenvalue weighted by Crippen LogP contribution is 2.28. The summed E-state index contributed by atoms with van der Waals surface area (Å²) < 4.78 is 13.1. The Balaban J connectivity index is 2.00. The van der Waals surface area contributed by atoms with Gasteiger partial charge in [-0.1, -0.05) is 19.1 Å². The van der Waals surface area contributed by atoms with Gasteiger partial charge in [-0.2, -0.15) is 0 Å². The summed E-state index contributed by atoms with van der Waals surface area (Å²) in [5.41, 5.74) is 6.91. The van der Waals surface area contributed by atoms with Crippen molar-refractivity contribution in [2.75, 3.05) is 32.7 Å². The monoisotopic (exact) mass is 321 g/mol. The lowest BCUT2D eigenvalue weighted by atomic mass is 9.90. The van der Waals surface area contributed by atoms with Crippen molar-refractivity contribution >= 4 is 5.91 Å². The summed E-state index contributed by atoms with van der Waals surface area (Å²) >= 11 is 0. The summed E-state index contributed by atoms with van der Waals surface area (Å²) in [6.45, 7) is 9.65. The van der Waals surface area contributed by atoms with Crippen molar-refractivity contribution in [3.63, 3.8) is 0 Å². The molecule has 0 aromatic heterocycles. The quantitative estimate of drug-likeness (QED) is 0.875. The van der Waals surface area contributed by atoms with E-state index in [9.17, 15) is 9.18 Å². The van der Waals surface area contributed by atoms with Gasteiger partial charge >= 0.3 is 0 Å². The molecule has 1 amide bonds. The van der Waals surface area contributed by atoms with Gasteiger partial charge in [-0.05, 0) is 56.5 Å². The Labute approximate surface area is 138 Å². The summed E-state index contributed by atoms with van der Waals surface area (Å²) in [6.07, 6.45) is 1.04. The predicted octanol–water partition coefficient (Wildman–Crippen LogP) is 2.41. The molecule has 1 aromatic rings. The van der Waals surface area contributed by atoms with Crippen LogP contribution in [-0.4, -0.2) is 48.4 Å². The molecule has 0 aliphatic carbocycles. The Morgan fingerprint density at radius 1 is 1.43 bits per heavy atom. The standard InChI is InChI=1S/C18H28FN3O/c1-4-22(14(2)15-5-7-16(19)8-6-15)17(23)11-21-10-9-18(3,12-20)13-21/h5-8,14H,4,9-13,20H2,1-3H3. The van der Waals surface area contributed by atoms with Crippen LogP contribution in [0.2, 0.25) is 0 Å². The lowest BCUT2D eigenvalue weighted by Crippen LogP contribution is -2.41. The average molecular weight is 321 g/mol. The van der Waals surface area contributed by atoms with Crippen LogP contribution in [0.15, 0.2) is 24.3 Å². The molecule has 2 rings (SSSR count). The number of nitrogens with zero attached hydrogens (tertiary/aromatic N) is 2. The highest BCUT2D eigenvalue weighted by Gasteiger charge is 2.34. The lowest BCUT2D eigenvalue weighted by molar-refractivity contribution is -0.134. The fourth-order valence-corrected chi connectivity index (χ4v) is 3.30. The van der Waals surface area contributed by atoms with E-state index in [1.807, 2.05) is 18.7 Å². The highest BCUT2D eigenvalue weighted by molar-refractivity contribution is 5.78.